The number of piperidine rings is 1. The Morgan fingerprint density at radius 1 is 1.38 bits per heavy atom. The van der Waals surface area contributed by atoms with Gasteiger partial charge in [-0.15, -0.1) is 5.10 Å². The van der Waals surface area contributed by atoms with Crippen LogP contribution in [-0.2, 0) is 6.18 Å². The summed E-state index contributed by atoms with van der Waals surface area (Å²) >= 11 is 0. The molecule has 26 heavy (non-hydrogen) atoms. The van der Waals surface area contributed by atoms with Gasteiger partial charge in [0.15, 0.2) is 5.69 Å². The second-order valence-electron chi connectivity index (χ2n) is 6.61. The molecular formula is C17H20F3N5O. The summed E-state index contributed by atoms with van der Waals surface area (Å²) in [6.07, 6.45) is -1.26. The van der Waals surface area contributed by atoms with Crippen molar-refractivity contribution in [1.29, 1.82) is 0 Å². The predicted molar refractivity (Wildman–Crippen MR) is 88.6 cm³/mol. The van der Waals surface area contributed by atoms with E-state index in [9.17, 15) is 18.0 Å². The molecule has 2 heterocycles. The molecule has 2 N–H and O–H groups in total. The van der Waals surface area contributed by atoms with Crippen LogP contribution in [0, 0.1) is 5.92 Å². The summed E-state index contributed by atoms with van der Waals surface area (Å²) in [4.78, 5) is 14.3. The van der Waals surface area contributed by atoms with Crippen LogP contribution in [0.3, 0.4) is 0 Å². The van der Waals surface area contributed by atoms with Gasteiger partial charge in [-0.2, -0.15) is 13.2 Å². The fraction of sp³-hybridized carbons (Fsp3) is 0.471. The zero-order valence-corrected chi connectivity index (χ0v) is 14.3. The molecule has 0 bridgehead atoms. The van der Waals surface area contributed by atoms with E-state index in [0.717, 1.165) is 25.0 Å². The lowest BCUT2D eigenvalue weighted by Crippen LogP contribution is -2.45. The third kappa shape index (κ3) is 3.87. The van der Waals surface area contributed by atoms with E-state index in [4.69, 9.17) is 5.73 Å². The minimum atomic E-state index is -4.45. The molecular weight excluding hydrogens is 347 g/mol. The van der Waals surface area contributed by atoms with Crippen LogP contribution in [0.1, 0.15) is 35.8 Å². The quantitative estimate of drug-likeness (QED) is 0.904. The van der Waals surface area contributed by atoms with Gasteiger partial charge in [-0.3, -0.25) is 4.79 Å². The molecule has 2 atom stereocenters. The van der Waals surface area contributed by atoms with Crippen molar-refractivity contribution in [3.05, 3.63) is 41.7 Å². The molecule has 1 aromatic carbocycles. The van der Waals surface area contributed by atoms with Crippen molar-refractivity contribution in [2.75, 3.05) is 13.1 Å². The minimum Gasteiger partial charge on any atom is -0.337 e. The molecule has 0 unspecified atom stereocenters. The number of hydrogen-bond donors (Lipinski definition) is 1. The second kappa shape index (κ2) is 7.06. The Labute approximate surface area is 148 Å². The van der Waals surface area contributed by atoms with Crippen molar-refractivity contribution in [1.82, 2.24) is 19.9 Å². The van der Waals surface area contributed by atoms with Crippen molar-refractivity contribution >= 4 is 5.91 Å². The first kappa shape index (κ1) is 18.4. The normalized spacial score (nSPS) is 19.4. The number of likely N-dealkylation sites (tertiary alicyclic amines) is 1. The third-order valence-electron chi connectivity index (χ3n) is 4.64. The van der Waals surface area contributed by atoms with Crippen molar-refractivity contribution in [2.45, 2.75) is 32.0 Å². The number of rotatable bonds is 3. The summed E-state index contributed by atoms with van der Waals surface area (Å²) in [6, 6.07) is 4.71. The van der Waals surface area contributed by atoms with Gasteiger partial charge in [0.2, 0.25) is 0 Å². The first-order valence-electron chi connectivity index (χ1n) is 8.40. The van der Waals surface area contributed by atoms with E-state index in [1.165, 1.54) is 23.0 Å². The van der Waals surface area contributed by atoms with Crippen LogP contribution in [0.5, 0.6) is 0 Å². The van der Waals surface area contributed by atoms with E-state index in [-0.39, 0.29) is 29.2 Å². The highest BCUT2D eigenvalue weighted by atomic mass is 19.4. The molecule has 0 saturated carbocycles. The van der Waals surface area contributed by atoms with Crippen molar-refractivity contribution in [3.63, 3.8) is 0 Å². The number of amides is 1. The molecule has 1 fully saturated rings. The van der Waals surface area contributed by atoms with Crippen LogP contribution in [0.2, 0.25) is 0 Å². The van der Waals surface area contributed by atoms with Crippen LogP contribution >= 0.6 is 0 Å². The molecule has 1 saturated heterocycles. The molecule has 3 rings (SSSR count). The molecule has 0 spiro atoms. The van der Waals surface area contributed by atoms with Gasteiger partial charge in [0.1, 0.15) is 0 Å². The Morgan fingerprint density at radius 3 is 2.85 bits per heavy atom. The SMILES string of the molecule is C[C@H](N)[C@@H]1CCCN(C(=O)c2cn(-c3cccc(C(F)(F)F)c3)nn2)C1. The van der Waals surface area contributed by atoms with Gasteiger partial charge in [-0.25, -0.2) is 4.68 Å². The number of nitrogens with zero attached hydrogens (tertiary/aromatic N) is 4. The molecule has 1 aromatic heterocycles. The van der Waals surface area contributed by atoms with E-state index in [0.29, 0.717) is 13.1 Å². The van der Waals surface area contributed by atoms with Crippen LogP contribution in [0.15, 0.2) is 30.5 Å². The van der Waals surface area contributed by atoms with Crippen molar-refractivity contribution < 1.29 is 18.0 Å². The molecule has 1 amide bonds. The van der Waals surface area contributed by atoms with Crippen LogP contribution in [-0.4, -0.2) is 44.9 Å². The van der Waals surface area contributed by atoms with Gasteiger partial charge in [0, 0.05) is 19.1 Å². The zero-order valence-electron chi connectivity index (χ0n) is 14.3. The molecule has 140 valence electrons. The Bertz CT molecular complexity index is 787. The predicted octanol–water partition coefficient (Wildman–Crippen LogP) is 2.49. The first-order chi connectivity index (χ1) is 12.3. The van der Waals surface area contributed by atoms with E-state index < -0.39 is 11.7 Å². The summed E-state index contributed by atoms with van der Waals surface area (Å²) in [5.74, 6) is -0.0558. The Balaban J connectivity index is 1.78. The van der Waals surface area contributed by atoms with Gasteiger partial charge in [0.25, 0.3) is 5.91 Å². The van der Waals surface area contributed by atoms with Crippen molar-refractivity contribution in [2.24, 2.45) is 11.7 Å². The number of aromatic nitrogens is 3. The zero-order chi connectivity index (χ0) is 18.9. The molecule has 2 aromatic rings. The summed E-state index contributed by atoms with van der Waals surface area (Å²) in [5.41, 5.74) is 5.45. The number of halogens is 3. The number of nitrogens with two attached hydrogens (primary N) is 1. The maximum atomic E-state index is 12.8. The van der Waals surface area contributed by atoms with Crippen LogP contribution < -0.4 is 5.73 Å². The van der Waals surface area contributed by atoms with Crippen LogP contribution in [0.25, 0.3) is 5.69 Å². The Kier molecular flexibility index (Phi) is 4.99. The van der Waals surface area contributed by atoms with Gasteiger partial charge in [0.05, 0.1) is 17.4 Å². The lowest BCUT2D eigenvalue weighted by Gasteiger charge is -2.34. The standard InChI is InChI=1S/C17H20F3N5O/c1-11(21)12-4-3-7-24(9-12)16(26)15-10-25(23-22-15)14-6-2-5-13(8-14)17(18,19)20/h2,5-6,8,10-12H,3-4,7,9,21H2,1H3/t11-,12+/m0/s1. The highest BCUT2D eigenvalue weighted by Gasteiger charge is 2.31. The fourth-order valence-electron chi connectivity index (χ4n) is 3.10. The number of benzene rings is 1. The molecule has 1 aliphatic heterocycles. The molecule has 0 aliphatic carbocycles. The lowest BCUT2D eigenvalue weighted by molar-refractivity contribution is -0.137. The van der Waals surface area contributed by atoms with Gasteiger partial charge < -0.3 is 10.6 Å². The largest absolute Gasteiger partial charge is 0.416 e. The lowest BCUT2D eigenvalue weighted by atomic mass is 9.92. The third-order valence-corrected chi connectivity index (χ3v) is 4.64. The van der Waals surface area contributed by atoms with E-state index in [1.54, 1.807) is 4.90 Å². The summed E-state index contributed by atoms with van der Waals surface area (Å²) in [7, 11) is 0. The van der Waals surface area contributed by atoms with Gasteiger partial charge in [-0.05, 0) is 43.9 Å². The van der Waals surface area contributed by atoms with E-state index in [2.05, 4.69) is 10.3 Å². The maximum Gasteiger partial charge on any atom is 0.416 e. The fourth-order valence-corrected chi connectivity index (χ4v) is 3.10. The monoisotopic (exact) mass is 367 g/mol. The molecule has 1 aliphatic rings. The maximum absolute atomic E-state index is 12.8. The minimum absolute atomic E-state index is 0.00797. The first-order valence-corrected chi connectivity index (χ1v) is 8.40. The van der Waals surface area contributed by atoms with Crippen LogP contribution in [0.4, 0.5) is 13.2 Å². The second-order valence-corrected chi connectivity index (χ2v) is 6.61. The smallest absolute Gasteiger partial charge is 0.337 e. The number of hydrogen-bond acceptors (Lipinski definition) is 4. The Hall–Kier alpha value is -2.42. The highest BCUT2D eigenvalue weighted by Crippen LogP contribution is 2.30. The summed E-state index contributed by atoms with van der Waals surface area (Å²) in [5, 5.41) is 7.65. The number of carbonyl (C=O) groups excluding carboxylic acids is 1. The average Bonchev–Trinajstić information content (AvgIpc) is 3.10. The highest BCUT2D eigenvalue weighted by molar-refractivity contribution is 5.92. The topological polar surface area (TPSA) is 77.0 Å². The summed E-state index contributed by atoms with van der Waals surface area (Å²) in [6.45, 7) is 3.08. The van der Waals surface area contributed by atoms with Gasteiger partial charge in [-0.1, -0.05) is 11.3 Å². The summed E-state index contributed by atoms with van der Waals surface area (Å²) < 4.78 is 39.7. The Morgan fingerprint density at radius 2 is 2.15 bits per heavy atom. The number of alkyl halides is 3. The average molecular weight is 367 g/mol. The molecule has 9 heteroatoms. The van der Waals surface area contributed by atoms with Gasteiger partial charge >= 0.3 is 6.18 Å². The van der Waals surface area contributed by atoms with E-state index in [1.807, 2.05) is 6.92 Å². The molecule has 6 nitrogen and oxygen atoms in total. The molecule has 0 radical (unpaired) electrons. The van der Waals surface area contributed by atoms with E-state index >= 15 is 0 Å². The van der Waals surface area contributed by atoms with Crippen molar-refractivity contribution in [3.8, 4) is 5.69 Å². The number of carbonyl (C=O) groups is 1.